The molecule has 1 aromatic carbocycles. The van der Waals surface area contributed by atoms with Crippen LogP contribution in [0.25, 0.3) is 0 Å². The van der Waals surface area contributed by atoms with Gasteiger partial charge in [0, 0.05) is 31.9 Å². The number of para-hydroxylation sites is 1. The Hall–Kier alpha value is -2.07. The minimum absolute atomic E-state index is 0.523. The predicted octanol–water partition coefficient (Wildman–Crippen LogP) is 3.16. The van der Waals surface area contributed by atoms with Crippen molar-refractivity contribution in [2.75, 3.05) is 36.0 Å². The van der Waals surface area contributed by atoms with Crippen molar-refractivity contribution in [2.24, 2.45) is 0 Å². The normalized spacial score (nSPS) is 17.0. The smallest absolute Gasteiger partial charge is 0.128 e. The van der Waals surface area contributed by atoms with E-state index in [0.717, 1.165) is 44.1 Å². The second-order valence-electron chi connectivity index (χ2n) is 6.21. The number of aromatic nitrogens is 1. The fraction of sp³-hybridized carbons (Fsp3) is 0.421. The molecule has 0 bridgehead atoms. The van der Waals surface area contributed by atoms with Crippen LogP contribution in [-0.2, 0) is 0 Å². The molecule has 0 amide bonds. The van der Waals surface area contributed by atoms with Gasteiger partial charge in [-0.05, 0) is 44.0 Å². The Morgan fingerprint density at radius 2 is 1.70 bits per heavy atom. The maximum absolute atomic E-state index is 9.73. The number of benzene rings is 1. The summed E-state index contributed by atoms with van der Waals surface area (Å²) in [5.74, 6) is 0.968. The predicted molar refractivity (Wildman–Crippen MR) is 95.1 cm³/mol. The minimum atomic E-state index is -0.523. The van der Waals surface area contributed by atoms with E-state index in [9.17, 15) is 5.11 Å². The zero-order chi connectivity index (χ0) is 16.2. The molecule has 1 aliphatic rings. The van der Waals surface area contributed by atoms with Gasteiger partial charge in [-0.15, -0.1) is 0 Å². The Kier molecular flexibility index (Phi) is 4.82. The fourth-order valence-corrected chi connectivity index (χ4v) is 3.15. The number of pyridine rings is 1. The SMILES string of the molecule is Cc1ccccc1N1CCCN(c2cccc(C(C)O)n2)CC1. The molecule has 1 fully saturated rings. The monoisotopic (exact) mass is 311 g/mol. The Morgan fingerprint density at radius 3 is 2.48 bits per heavy atom. The Morgan fingerprint density at radius 1 is 0.957 bits per heavy atom. The summed E-state index contributed by atoms with van der Waals surface area (Å²) in [5, 5.41) is 9.73. The topological polar surface area (TPSA) is 39.6 Å². The summed E-state index contributed by atoms with van der Waals surface area (Å²) < 4.78 is 0. The van der Waals surface area contributed by atoms with Crippen molar-refractivity contribution in [1.82, 2.24) is 4.98 Å². The Balaban J connectivity index is 1.74. The average molecular weight is 311 g/mol. The first-order chi connectivity index (χ1) is 11.1. The van der Waals surface area contributed by atoms with E-state index in [2.05, 4.69) is 46.0 Å². The Labute approximate surface area is 138 Å². The van der Waals surface area contributed by atoms with Crippen LogP contribution in [0.3, 0.4) is 0 Å². The number of hydrogen-bond donors (Lipinski definition) is 1. The van der Waals surface area contributed by atoms with Gasteiger partial charge in [0.15, 0.2) is 0 Å². The van der Waals surface area contributed by atoms with Gasteiger partial charge in [0.05, 0.1) is 11.8 Å². The lowest BCUT2D eigenvalue weighted by Crippen LogP contribution is -2.31. The van der Waals surface area contributed by atoms with Gasteiger partial charge in [0.1, 0.15) is 5.82 Å². The molecule has 1 saturated heterocycles. The fourth-order valence-electron chi connectivity index (χ4n) is 3.15. The largest absolute Gasteiger partial charge is 0.387 e. The summed E-state index contributed by atoms with van der Waals surface area (Å²) in [6.45, 7) is 7.94. The maximum Gasteiger partial charge on any atom is 0.128 e. The van der Waals surface area contributed by atoms with Crippen molar-refractivity contribution in [3.63, 3.8) is 0 Å². The molecule has 122 valence electrons. The van der Waals surface area contributed by atoms with E-state index in [1.54, 1.807) is 6.92 Å². The lowest BCUT2D eigenvalue weighted by atomic mass is 10.2. The van der Waals surface area contributed by atoms with Gasteiger partial charge in [-0.25, -0.2) is 4.98 Å². The minimum Gasteiger partial charge on any atom is -0.387 e. The summed E-state index contributed by atoms with van der Waals surface area (Å²) in [4.78, 5) is 9.40. The number of rotatable bonds is 3. The second-order valence-corrected chi connectivity index (χ2v) is 6.21. The summed E-state index contributed by atoms with van der Waals surface area (Å²) in [6.07, 6.45) is 0.583. The average Bonchev–Trinajstić information content (AvgIpc) is 2.81. The van der Waals surface area contributed by atoms with E-state index in [1.807, 2.05) is 18.2 Å². The van der Waals surface area contributed by atoms with Gasteiger partial charge >= 0.3 is 0 Å². The molecule has 3 rings (SSSR count). The standard InChI is InChI=1S/C19H25N3O/c1-15-7-3-4-9-18(15)21-11-6-12-22(14-13-21)19-10-5-8-17(20-19)16(2)23/h3-5,7-10,16,23H,6,11-14H2,1-2H3. The van der Waals surface area contributed by atoms with E-state index in [0.29, 0.717) is 0 Å². The van der Waals surface area contributed by atoms with Crippen molar-refractivity contribution in [1.29, 1.82) is 0 Å². The number of hydrogen-bond acceptors (Lipinski definition) is 4. The van der Waals surface area contributed by atoms with Gasteiger partial charge in [-0.1, -0.05) is 24.3 Å². The third-order valence-electron chi connectivity index (χ3n) is 4.46. The van der Waals surface area contributed by atoms with Crippen molar-refractivity contribution in [2.45, 2.75) is 26.4 Å². The van der Waals surface area contributed by atoms with Crippen LogP contribution in [0.15, 0.2) is 42.5 Å². The lowest BCUT2D eigenvalue weighted by molar-refractivity contribution is 0.194. The highest BCUT2D eigenvalue weighted by Crippen LogP contribution is 2.23. The summed E-state index contributed by atoms with van der Waals surface area (Å²) in [5.41, 5.74) is 3.40. The van der Waals surface area contributed by atoms with Crippen LogP contribution in [-0.4, -0.2) is 36.3 Å². The maximum atomic E-state index is 9.73. The van der Waals surface area contributed by atoms with Crippen LogP contribution in [0.4, 0.5) is 11.5 Å². The molecule has 0 aliphatic carbocycles. The molecule has 0 spiro atoms. The zero-order valence-electron chi connectivity index (χ0n) is 13.9. The van der Waals surface area contributed by atoms with E-state index < -0.39 is 6.10 Å². The molecule has 1 aromatic heterocycles. The first kappa shape index (κ1) is 15.8. The van der Waals surface area contributed by atoms with Gasteiger partial charge in [0.2, 0.25) is 0 Å². The van der Waals surface area contributed by atoms with Crippen molar-refractivity contribution >= 4 is 11.5 Å². The summed E-state index contributed by atoms with van der Waals surface area (Å²) in [6, 6.07) is 14.5. The van der Waals surface area contributed by atoms with Crippen LogP contribution in [0.1, 0.15) is 30.7 Å². The highest BCUT2D eigenvalue weighted by Gasteiger charge is 2.17. The highest BCUT2D eigenvalue weighted by molar-refractivity contribution is 5.53. The molecule has 0 saturated carbocycles. The number of aliphatic hydroxyl groups excluding tert-OH is 1. The third-order valence-corrected chi connectivity index (χ3v) is 4.46. The molecule has 1 aliphatic heterocycles. The third kappa shape index (κ3) is 3.64. The van der Waals surface area contributed by atoms with Crippen LogP contribution < -0.4 is 9.80 Å². The summed E-state index contributed by atoms with van der Waals surface area (Å²) in [7, 11) is 0. The van der Waals surface area contributed by atoms with Crippen molar-refractivity contribution in [3.8, 4) is 0 Å². The number of anilines is 2. The molecule has 4 heteroatoms. The van der Waals surface area contributed by atoms with Crippen LogP contribution in [0, 0.1) is 6.92 Å². The van der Waals surface area contributed by atoms with Gasteiger partial charge in [-0.3, -0.25) is 0 Å². The van der Waals surface area contributed by atoms with E-state index in [-0.39, 0.29) is 0 Å². The Bertz CT molecular complexity index is 657. The van der Waals surface area contributed by atoms with Crippen LogP contribution >= 0.6 is 0 Å². The molecular formula is C19H25N3O. The molecule has 0 radical (unpaired) electrons. The van der Waals surface area contributed by atoms with Crippen LogP contribution in [0.5, 0.6) is 0 Å². The molecule has 2 heterocycles. The second kappa shape index (κ2) is 7.01. The molecular weight excluding hydrogens is 286 g/mol. The van der Waals surface area contributed by atoms with Gasteiger partial charge < -0.3 is 14.9 Å². The van der Waals surface area contributed by atoms with Gasteiger partial charge in [0.25, 0.3) is 0 Å². The zero-order valence-corrected chi connectivity index (χ0v) is 13.9. The quantitative estimate of drug-likeness (QED) is 0.945. The van der Waals surface area contributed by atoms with E-state index in [1.165, 1.54) is 11.3 Å². The van der Waals surface area contributed by atoms with Crippen molar-refractivity contribution in [3.05, 3.63) is 53.7 Å². The van der Waals surface area contributed by atoms with Crippen molar-refractivity contribution < 1.29 is 5.11 Å². The van der Waals surface area contributed by atoms with E-state index >= 15 is 0 Å². The van der Waals surface area contributed by atoms with Crippen LogP contribution in [0.2, 0.25) is 0 Å². The number of nitrogens with zero attached hydrogens (tertiary/aromatic N) is 3. The molecule has 1 atom stereocenters. The van der Waals surface area contributed by atoms with Gasteiger partial charge in [-0.2, -0.15) is 0 Å². The highest BCUT2D eigenvalue weighted by atomic mass is 16.3. The number of aliphatic hydroxyl groups is 1. The first-order valence-electron chi connectivity index (χ1n) is 8.35. The molecule has 1 unspecified atom stereocenters. The molecule has 23 heavy (non-hydrogen) atoms. The molecule has 4 nitrogen and oxygen atoms in total. The number of aryl methyl sites for hydroxylation is 1. The summed E-state index contributed by atoms with van der Waals surface area (Å²) >= 11 is 0. The first-order valence-corrected chi connectivity index (χ1v) is 8.35. The van der Waals surface area contributed by atoms with E-state index in [4.69, 9.17) is 0 Å². The molecule has 1 N–H and O–H groups in total. The lowest BCUT2D eigenvalue weighted by Gasteiger charge is -2.25. The molecule has 2 aromatic rings.